The number of nitrogens with one attached hydrogen (secondary N) is 1. The van der Waals surface area contributed by atoms with Crippen LogP contribution in [0.3, 0.4) is 0 Å². The van der Waals surface area contributed by atoms with Gasteiger partial charge < -0.3 is 14.8 Å². The molecule has 20 heavy (non-hydrogen) atoms. The minimum Gasteiger partial charge on any atom is -0.492 e. The maximum Gasteiger partial charge on any atom is 0.137 e. The largest absolute Gasteiger partial charge is 0.492 e. The quantitative estimate of drug-likeness (QED) is 0.780. The van der Waals surface area contributed by atoms with Gasteiger partial charge in [0.15, 0.2) is 0 Å². The molecule has 1 rings (SSSR count). The molecule has 0 spiro atoms. The zero-order valence-electron chi connectivity index (χ0n) is 13.1. The Morgan fingerprint density at radius 1 is 1.35 bits per heavy atom. The van der Waals surface area contributed by atoms with Crippen molar-refractivity contribution in [1.82, 2.24) is 5.32 Å². The molecule has 1 aromatic carbocycles. The Labute approximate surface area is 127 Å². The van der Waals surface area contributed by atoms with Crippen LogP contribution in [0.25, 0.3) is 0 Å². The van der Waals surface area contributed by atoms with Gasteiger partial charge in [-0.25, -0.2) is 0 Å². The van der Waals surface area contributed by atoms with E-state index < -0.39 is 0 Å². The van der Waals surface area contributed by atoms with Gasteiger partial charge in [0.25, 0.3) is 0 Å². The van der Waals surface area contributed by atoms with Gasteiger partial charge in [-0.3, -0.25) is 0 Å². The first-order chi connectivity index (χ1) is 9.39. The van der Waals surface area contributed by atoms with Crippen molar-refractivity contribution < 1.29 is 9.47 Å². The first-order valence-corrected chi connectivity index (χ1v) is 7.48. The van der Waals surface area contributed by atoms with E-state index in [-0.39, 0.29) is 5.60 Å². The van der Waals surface area contributed by atoms with Gasteiger partial charge in [0.1, 0.15) is 5.75 Å². The summed E-state index contributed by atoms with van der Waals surface area (Å²) in [5.41, 5.74) is 0.993. The van der Waals surface area contributed by atoms with Gasteiger partial charge in [-0.1, -0.05) is 24.6 Å². The van der Waals surface area contributed by atoms with E-state index in [1.807, 2.05) is 26.0 Å². The summed E-state index contributed by atoms with van der Waals surface area (Å²) in [5, 5.41) is 4.02. The molecule has 0 aliphatic heterocycles. The third-order valence-corrected chi connectivity index (χ3v) is 3.78. The minimum atomic E-state index is -0.175. The third-order valence-electron chi connectivity index (χ3n) is 3.48. The summed E-state index contributed by atoms with van der Waals surface area (Å²) in [7, 11) is 1.71. The number of hydrogen-bond acceptors (Lipinski definition) is 3. The molecule has 0 saturated carbocycles. The molecule has 0 radical (unpaired) electrons. The van der Waals surface area contributed by atoms with Crippen LogP contribution < -0.4 is 10.1 Å². The predicted molar refractivity (Wildman–Crippen MR) is 84.7 cm³/mol. The average molecular weight is 300 g/mol. The molecule has 0 heterocycles. The van der Waals surface area contributed by atoms with E-state index >= 15 is 0 Å². The Morgan fingerprint density at radius 3 is 2.60 bits per heavy atom. The van der Waals surface area contributed by atoms with Crippen molar-refractivity contribution in [3.05, 3.63) is 28.8 Å². The molecule has 0 saturated heterocycles. The molecular formula is C16H26ClNO2. The topological polar surface area (TPSA) is 30.5 Å². The van der Waals surface area contributed by atoms with Crippen LogP contribution in [0.4, 0.5) is 0 Å². The van der Waals surface area contributed by atoms with Gasteiger partial charge in [0.05, 0.1) is 17.2 Å². The van der Waals surface area contributed by atoms with Crippen LogP contribution >= 0.6 is 11.6 Å². The molecule has 0 aliphatic rings. The summed E-state index contributed by atoms with van der Waals surface area (Å²) < 4.78 is 11.1. The molecule has 3 nitrogen and oxygen atoms in total. The Hall–Kier alpha value is -0.770. The summed E-state index contributed by atoms with van der Waals surface area (Å²) in [6, 6.07) is 6.24. The lowest BCUT2D eigenvalue weighted by atomic mass is 10.1. The van der Waals surface area contributed by atoms with Crippen molar-refractivity contribution in [2.24, 2.45) is 0 Å². The molecule has 1 unspecified atom stereocenters. The first kappa shape index (κ1) is 17.3. The second-order valence-electron chi connectivity index (χ2n) is 5.53. The third kappa shape index (κ3) is 5.31. The Morgan fingerprint density at radius 2 is 2.05 bits per heavy atom. The number of benzene rings is 1. The lowest BCUT2D eigenvalue weighted by Gasteiger charge is -2.23. The van der Waals surface area contributed by atoms with E-state index in [1.54, 1.807) is 7.11 Å². The van der Waals surface area contributed by atoms with Gasteiger partial charge in [-0.15, -0.1) is 0 Å². The van der Waals surface area contributed by atoms with Crippen molar-refractivity contribution in [3.8, 4) is 5.75 Å². The highest BCUT2D eigenvalue weighted by molar-refractivity contribution is 6.32. The number of rotatable bonds is 8. The van der Waals surface area contributed by atoms with Gasteiger partial charge in [0.2, 0.25) is 0 Å². The van der Waals surface area contributed by atoms with Crippen molar-refractivity contribution >= 4 is 11.6 Å². The van der Waals surface area contributed by atoms with Gasteiger partial charge >= 0.3 is 0 Å². The fourth-order valence-corrected chi connectivity index (χ4v) is 2.08. The highest BCUT2D eigenvalue weighted by atomic mass is 35.5. The lowest BCUT2D eigenvalue weighted by molar-refractivity contribution is 0.00546. The summed E-state index contributed by atoms with van der Waals surface area (Å²) in [6.45, 7) is 9.81. The van der Waals surface area contributed by atoms with E-state index in [0.29, 0.717) is 17.7 Å². The molecule has 0 aliphatic carbocycles. The number of halogens is 1. The van der Waals surface area contributed by atoms with Crippen LogP contribution in [0.1, 0.15) is 45.7 Å². The van der Waals surface area contributed by atoms with Crippen LogP contribution in [-0.2, 0) is 4.74 Å². The molecule has 0 amide bonds. The second kappa shape index (κ2) is 7.87. The minimum absolute atomic E-state index is 0.175. The zero-order valence-corrected chi connectivity index (χ0v) is 13.9. The molecule has 0 aromatic heterocycles. The van der Waals surface area contributed by atoms with Crippen molar-refractivity contribution in [2.45, 2.75) is 45.8 Å². The average Bonchev–Trinajstić information content (AvgIpc) is 2.40. The van der Waals surface area contributed by atoms with Crippen LogP contribution in [0, 0.1) is 0 Å². The van der Waals surface area contributed by atoms with Crippen LogP contribution in [0.2, 0.25) is 5.02 Å². The summed E-state index contributed by atoms with van der Waals surface area (Å²) in [6.07, 6.45) is 0.815. The Balaban J connectivity index is 2.60. The normalized spacial score (nSPS) is 13.3. The maximum atomic E-state index is 6.27. The van der Waals surface area contributed by atoms with Gasteiger partial charge in [0, 0.05) is 19.6 Å². The fraction of sp³-hybridized carbons (Fsp3) is 0.625. The fourth-order valence-electron chi connectivity index (χ4n) is 1.84. The lowest BCUT2D eigenvalue weighted by Crippen LogP contribution is -2.25. The van der Waals surface area contributed by atoms with E-state index in [4.69, 9.17) is 21.1 Å². The van der Waals surface area contributed by atoms with E-state index in [9.17, 15) is 0 Å². The summed E-state index contributed by atoms with van der Waals surface area (Å²) in [4.78, 5) is 0. The maximum absolute atomic E-state index is 6.27. The van der Waals surface area contributed by atoms with E-state index in [0.717, 1.165) is 18.7 Å². The molecule has 1 atom stereocenters. The van der Waals surface area contributed by atoms with Gasteiger partial charge in [-0.05, 0) is 45.0 Å². The standard InChI is InChI=1S/C16H26ClNO2/c1-6-18-12(2)13-7-8-15(14(17)11-13)20-10-9-16(3,4)19-5/h7-8,11-12,18H,6,9-10H2,1-5H3. The molecule has 4 heteroatoms. The smallest absolute Gasteiger partial charge is 0.137 e. The van der Waals surface area contributed by atoms with Crippen LogP contribution in [-0.4, -0.2) is 25.9 Å². The van der Waals surface area contributed by atoms with Crippen LogP contribution in [0.15, 0.2) is 18.2 Å². The highest BCUT2D eigenvalue weighted by Gasteiger charge is 2.16. The monoisotopic (exact) mass is 299 g/mol. The van der Waals surface area contributed by atoms with E-state index in [1.165, 1.54) is 5.56 Å². The molecule has 114 valence electrons. The van der Waals surface area contributed by atoms with Crippen LogP contribution in [0.5, 0.6) is 5.75 Å². The molecule has 0 bridgehead atoms. The summed E-state index contributed by atoms with van der Waals surface area (Å²) >= 11 is 6.27. The number of methoxy groups -OCH3 is 1. The number of hydrogen-bond donors (Lipinski definition) is 1. The molecule has 1 N–H and O–H groups in total. The molecule has 0 fully saturated rings. The molecule has 1 aromatic rings. The second-order valence-corrected chi connectivity index (χ2v) is 5.94. The van der Waals surface area contributed by atoms with Crippen molar-refractivity contribution in [3.63, 3.8) is 0 Å². The Kier molecular flexibility index (Phi) is 6.80. The Bertz CT molecular complexity index is 421. The highest BCUT2D eigenvalue weighted by Crippen LogP contribution is 2.28. The molecular weight excluding hydrogens is 274 g/mol. The summed E-state index contributed by atoms with van der Waals surface area (Å²) in [5.74, 6) is 0.728. The predicted octanol–water partition coefficient (Wildman–Crippen LogP) is 4.20. The van der Waals surface area contributed by atoms with Gasteiger partial charge in [-0.2, -0.15) is 0 Å². The van der Waals surface area contributed by atoms with Crippen molar-refractivity contribution in [2.75, 3.05) is 20.3 Å². The van der Waals surface area contributed by atoms with E-state index in [2.05, 4.69) is 25.2 Å². The zero-order chi connectivity index (χ0) is 15.2. The number of ether oxygens (including phenoxy) is 2. The SMILES string of the molecule is CCNC(C)c1ccc(OCCC(C)(C)OC)c(Cl)c1. The first-order valence-electron chi connectivity index (χ1n) is 7.10. The van der Waals surface area contributed by atoms with Crippen molar-refractivity contribution in [1.29, 1.82) is 0 Å².